The number of hydrogen-bond acceptors (Lipinski definition) is 3. The van der Waals surface area contributed by atoms with Gasteiger partial charge in [-0.2, -0.15) is 0 Å². The summed E-state index contributed by atoms with van der Waals surface area (Å²) < 4.78 is 4.41. The van der Waals surface area contributed by atoms with Gasteiger partial charge in [0.25, 0.3) is 0 Å². The van der Waals surface area contributed by atoms with Gasteiger partial charge >= 0.3 is 11.9 Å². The highest BCUT2D eigenvalue weighted by Crippen LogP contribution is 2.29. The highest BCUT2D eigenvalue weighted by molar-refractivity contribution is 6.36. The topological polar surface area (TPSA) is 43.4 Å². The van der Waals surface area contributed by atoms with E-state index in [0.29, 0.717) is 5.02 Å². The lowest BCUT2D eigenvalue weighted by molar-refractivity contribution is 0.0444. The second kappa shape index (κ2) is 2.57. The number of aryl methyl sites for hydroxylation is 1. The van der Waals surface area contributed by atoms with Crippen molar-refractivity contribution in [2.45, 2.75) is 6.92 Å². The zero-order valence-electron chi connectivity index (χ0n) is 6.76. The molecule has 0 saturated carbocycles. The molecule has 1 heterocycles. The molecule has 0 aromatic heterocycles. The number of esters is 2. The van der Waals surface area contributed by atoms with Crippen molar-refractivity contribution in [1.82, 2.24) is 0 Å². The summed E-state index contributed by atoms with van der Waals surface area (Å²) in [5, 5.41) is 0.299. The molecule has 0 aliphatic carbocycles. The minimum Gasteiger partial charge on any atom is -0.386 e. The van der Waals surface area contributed by atoms with Crippen LogP contribution in [0.2, 0.25) is 5.02 Å². The van der Waals surface area contributed by atoms with Gasteiger partial charge in [-0.1, -0.05) is 17.7 Å². The fourth-order valence-corrected chi connectivity index (χ4v) is 1.48. The lowest BCUT2D eigenvalue weighted by Crippen LogP contribution is -1.97. The molecule has 0 atom stereocenters. The molecule has 0 amide bonds. The van der Waals surface area contributed by atoms with Crippen LogP contribution in [-0.4, -0.2) is 11.9 Å². The number of ether oxygens (including phenoxy) is 1. The second-order valence-corrected chi connectivity index (χ2v) is 3.17. The molecule has 3 nitrogen and oxygen atoms in total. The molecule has 0 N–H and O–H groups in total. The summed E-state index contributed by atoms with van der Waals surface area (Å²) in [5.41, 5.74) is 1.19. The molecule has 13 heavy (non-hydrogen) atoms. The predicted molar refractivity (Wildman–Crippen MR) is 45.9 cm³/mol. The second-order valence-electron chi connectivity index (χ2n) is 2.80. The molecule has 0 unspecified atom stereocenters. The maximum Gasteiger partial charge on any atom is 0.348 e. The van der Waals surface area contributed by atoms with Crippen molar-refractivity contribution in [3.05, 3.63) is 33.8 Å². The van der Waals surface area contributed by atoms with Crippen LogP contribution in [0.5, 0.6) is 0 Å². The minimum absolute atomic E-state index is 0.187. The van der Waals surface area contributed by atoms with Crippen LogP contribution in [0.25, 0.3) is 0 Å². The highest BCUT2D eigenvalue weighted by atomic mass is 35.5. The number of hydrogen-bond donors (Lipinski definition) is 0. The number of carbonyl (C=O) groups is 2. The van der Waals surface area contributed by atoms with Gasteiger partial charge < -0.3 is 4.74 Å². The van der Waals surface area contributed by atoms with E-state index in [1.165, 1.54) is 0 Å². The van der Waals surface area contributed by atoms with Crippen LogP contribution < -0.4 is 0 Å². The zero-order valence-corrected chi connectivity index (χ0v) is 7.51. The number of benzene rings is 1. The van der Waals surface area contributed by atoms with Crippen LogP contribution in [0.3, 0.4) is 0 Å². The van der Waals surface area contributed by atoms with Crippen LogP contribution in [0.15, 0.2) is 12.1 Å². The van der Waals surface area contributed by atoms with Crippen LogP contribution in [0.4, 0.5) is 0 Å². The third-order valence-corrected chi connectivity index (χ3v) is 2.43. The molecule has 1 aromatic carbocycles. The van der Waals surface area contributed by atoms with E-state index in [-0.39, 0.29) is 11.1 Å². The fourth-order valence-electron chi connectivity index (χ4n) is 1.24. The molecule has 1 aliphatic heterocycles. The van der Waals surface area contributed by atoms with E-state index < -0.39 is 11.9 Å². The average Bonchev–Trinajstić information content (AvgIpc) is 2.35. The molecular weight excluding hydrogens is 192 g/mol. The SMILES string of the molecule is Cc1ccc2c(c1Cl)C(=O)OC2=O. The molecular formula is C9H5ClO3. The third-order valence-electron chi connectivity index (χ3n) is 1.94. The molecule has 1 aromatic rings. The van der Waals surface area contributed by atoms with Gasteiger partial charge in [0.2, 0.25) is 0 Å². The quantitative estimate of drug-likeness (QED) is 0.471. The largest absolute Gasteiger partial charge is 0.386 e. The van der Waals surface area contributed by atoms with Crippen LogP contribution >= 0.6 is 11.6 Å². The van der Waals surface area contributed by atoms with E-state index >= 15 is 0 Å². The van der Waals surface area contributed by atoms with E-state index in [1.807, 2.05) is 0 Å². The predicted octanol–water partition coefficient (Wildman–Crippen LogP) is 1.96. The van der Waals surface area contributed by atoms with E-state index in [4.69, 9.17) is 11.6 Å². The van der Waals surface area contributed by atoms with Gasteiger partial charge in [0.1, 0.15) is 0 Å². The van der Waals surface area contributed by atoms with Crippen molar-refractivity contribution >= 4 is 23.5 Å². The first kappa shape index (κ1) is 8.26. The Labute approximate surface area is 79.3 Å². The van der Waals surface area contributed by atoms with Crippen molar-refractivity contribution in [2.75, 3.05) is 0 Å². The number of cyclic esters (lactones) is 2. The Morgan fingerprint density at radius 3 is 2.62 bits per heavy atom. The number of halogens is 1. The Hall–Kier alpha value is -1.35. The lowest BCUT2D eigenvalue weighted by Gasteiger charge is -1.99. The van der Waals surface area contributed by atoms with Gasteiger partial charge in [0.15, 0.2) is 0 Å². The molecule has 4 heteroatoms. The fraction of sp³-hybridized carbons (Fsp3) is 0.111. The van der Waals surface area contributed by atoms with Crippen molar-refractivity contribution < 1.29 is 14.3 Å². The van der Waals surface area contributed by atoms with E-state index in [0.717, 1.165) is 5.56 Å². The summed E-state index contributed by atoms with van der Waals surface area (Å²) in [4.78, 5) is 22.2. The van der Waals surface area contributed by atoms with Gasteiger partial charge in [0, 0.05) is 0 Å². The summed E-state index contributed by atoms with van der Waals surface area (Å²) in [6, 6.07) is 3.23. The van der Waals surface area contributed by atoms with Gasteiger partial charge in [-0.25, -0.2) is 9.59 Å². The highest BCUT2D eigenvalue weighted by Gasteiger charge is 2.32. The first-order chi connectivity index (χ1) is 6.11. The molecule has 0 spiro atoms. The Morgan fingerprint density at radius 2 is 1.92 bits per heavy atom. The van der Waals surface area contributed by atoms with Crippen LogP contribution in [-0.2, 0) is 4.74 Å². The summed E-state index contributed by atoms with van der Waals surface area (Å²) in [7, 11) is 0. The van der Waals surface area contributed by atoms with Crippen molar-refractivity contribution in [3.63, 3.8) is 0 Å². The lowest BCUT2D eigenvalue weighted by atomic mass is 10.1. The van der Waals surface area contributed by atoms with Gasteiger partial charge in [-0.3, -0.25) is 0 Å². The summed E-state index contributed by atoms with van der Waals surface area (Å²) in [5.74, 6) is -1.28. The maximum atomic E-state index is 11.1. The van der Waals surface area contributed by atoms with E-state index in [1.54, 1.807) is 19.1 Å². The maximum absolute atomic E-state index is 11.1. The minimum atomic E-state index is -0.659. The van der Waals surface area contributed by atoms with Gasteiger partial charge in [-0.15, -0.1) is 0 Å². The first-order valence-corrected chi connectivity index (χ1v) is 4.04. The van der Waals surface area contributed by atoms with E-state index in [9.17, 15) is 9.59 Å². The molecule has 0 bridgehead atoms. The number of fused-ring (bicyclic) bond motifs is 1. The zero-order chi connectivity index (χ0) is 9.59. The van der Waals surface area contributed by atoms with E-state index in [2.05, 4.69) is 4.74 Å². The Kier molecular flexibility index (Phi) is 1.63. The molecule has 66 valence electrons. The molecule has 2 rings (SSSR count). The van der Waals surface area contributed by atoms with Crippen molar-refractivity contribution in [3.8, 4) is 0 Å². The van der Waals surface area contributed by atoms with Crippen molar-refractivity contribution in [2.24, 2.45) is 0 Å². The Bertz CT molecular complexity index is 423. The first-order valence-electron chi connectivity index (χ1n) is 3.67. The summed E-state index contributed by atoms with van der Waals surface area (Å²) >= 11 is 5.85. The van der Waals surface area contributed by atoms with Crippen molar-refractivity contribution in [1.29, 1.82) is 0 Å². The van der Waals surface area contributed by atoms with Gasteiger partial charge in [-0.05, 0) is 18.6 Å². The van der Waals surface area contributed by atoms with Crippen LogP contribution in [0, 0.1) is 6.92 Å². The Morgan fingerprint density at radius 1 is 1.23 bits per heavy atom. The van der Waals surface area contributed by atoms with Crippen LogP contribution in [0.1, 0.15) is 26.3 Å². The third kappa shape index (κ3) is 1.04. The van der Waals surface area contributed by atoms with Gasteiger partial charge in [0.05, 0.1) is 16.1 Å². The smallest absolute Gasteiger partial charge is 0.348 e. The molecule has 1 aliphatic rings. The normalized spacial score (nSPS) is 14.3. The molecule has 0 radical (unpaired) electrons. The number of rotatable bonds is 0. The Balaban J connectivity index is 2.78. The monoisotopic (exact) mass is 196 g/mol. The molecule has 0 fully saturated rings. The summed E-state index contributed by atoms with van der Waals surface area (Å²) in [6.45, 7) is 1.76. The summed E-state index contributed by atoms with van der Waals surface area (Å²) in [6.07, 6.45) is 0. The standard InChI is InChI=1S/C9H5ClO3/c1-4-2-3-5-6(7(4)10)9(12)13-8(5)11/h2-3H,1H3. The average molecular weight is 197 g/mol. The number of carbonyl (C=O) groups excluding carboxylic acids is 2. The molecule has 0 saturated heterocycles.